The average molecular weight is 416 g/mol. The Morgan fingerprint density at radius 3 is 2.03 bits per heavy atom. The van der Waals surface area contributed by atoms with E-state index >= 15 is 0 Å². The van der Waals surface area contributed by atoms with Gasteiger partial charge in [-0.3, -0.25) is 0 Å². The summed E-state index contributed by atoms with van der Waals surface area (Å²) in [5.41, 5.74) is 2.30. The summed E-state index contributed by atoms with van der Waals surface area (Å²) in [6.07, 6.45) is 0.756. The summed E-state index contributed by atoms with van der Waals surface area (Å²) in [4.78, 5) is 0.291. The van der Waals surface area contributed by atoms with Gasteiger partial charge in [0.25, 0.3) is 0 Å². The predicted molar refractivity (Wildman–Crippen MR) is 123 cm³/mol. The van der Waals surface area contributed by atoms with Crippen molar-refractivity contribution in [1.29, 1.82) is 0 Å². The Morgan fingerprint density at radius 1 is 0.733 bits per heavy atom. The van der Waals surface area contributed by atoms with Gasteiger partial charge >= 0.3 is 0 Å². The molecule has 0 aliphatic rings. The van der Waals surface area contributed by atoms with Gasteiger partial charge < -0.3 is 0 Å². The summed E-state index contributed by atoms with van der Waals surface area (Å²) in [5.74, 6) is 0.0174. The first-order valence-corrected chi connectivity index (χ1v) is 11.6. The molecule has 2 unspecified atom stereocenters. The molecule has 1 N–H and O–H groups in total. The van der Waals surface area contributed by atoms with Crippen LogP contribution >= 0.6 is 0 Å². The van der Waals surface area contributed by atoms with Gasteiger partial charge in [-0.1, -0.05) is 91.0 Å². The standard InChI is InChI=1S/C26H25NO2S/c1-20(26(23-13-6-3-7-14-23)18-21-10-4-2-5-11-21)27-30(28,29)25-17-16-22-12-8-9-15-24(22)19-25/h2-17,19-20,26-27H,18H2,1H3. The number of sulfonamides is 1. The monoisotopic (exact) mass is 415 g/mol. The van der Waals surface area contributed by atoms with Crippen molar-refractivity contribution >= 4 is 20.8 Å². The maximum atomic E-state index is 13.2. The van der Waals surface area contributed by atoms with E-state index in [1.807, 2.05) is 73.7 Å². The summed E-state index contributed by atoms with van der Waals surface area (Å²) < 4.78 is 29.3. The smallest absolute Gasteiger partial charge is 0.208 e. The molecule has 0 aromatic heterocycles. The van der Waals surface area contributed by atoms with Crippen molar-refractivity contribution in [3.8, 4) is 0 Å². The van der Waals surface area contributed by atoms with Crippen molar-refractivity contribution < 1.29 is 8.42 Å². The summed E-state index contributed by atoms with van der Waals surface area (Å²) in [5, 5.41) is 1.94. The summed E-state index contributed by atoms with van der Waals surface area (Å²) in [6, 6.07) is 33.1. The number of hydrogen-bond acceptors (Lipinski definition) is 2. The Morgan fingerprint density at radius 2 is 1.33 bits per heavy atom. The molecular formula is C26H25NO2S. The van der Waals surface area contributed by atoms with Gasteiger partial charge in [-0.15, -0.1) is 0 Å². The van der Waals surface area contributed by atoms with Crippen molar-refractivity contribution in [2.45, 2.75) is 30.2 Å². The van der Waals surface area contributed by atoms with E-state index in [-0.39, 0.29) is 12.0 Å². The van der Waals surface area contributed by atoms with Crippen LogP contribution < -0.4 is 4.72 Å². The quantitative estimate of drug-likeness (QED) is 0.431. The van der Waals surface area contributed by atoms with E-state index in [4.69, 9.17) is 0 Å². The van der Waals surface area contributed by atoms with Crippen molar-refractivity contribution in [2.75, 3.05) is 0 Å². The topological polar surface area (TPSA) is 46.2 Å². The number of benzene rings is 4. The van der Waals surface area contributed by atoms with Gasteiger partial charge in [0.15, 0.2) is 0 Å². The molecule has 0 saturated heterocycles. The highest BCUT2D eigenvalue weighted by Gasteiger charge is 2.25. The van der Waals surface area contributed by atoms with Crippen LogP contribution in [0.5, 0.6) is 0 Å². The van der Waals surface area contributed by atoms with Crippen LogP contribution in [-0.2, 0) is 16.4 Å². The lowest BCUT2D eigenvalue weighted by Gasteiger charge is -2.26. The fraction of sp³-hybridized carbons (Fsp3) is 0.154. The Balaban J connectivity index is 1.62. The summed E-state index contributed by atoms with van der Waals surface area (Å²) in [6.45, 7) is 1.94. The van der Waals surface area contributed by atoms with Gasteiger partial charge in [0.1, 0.15) is 0 Å². The third-order valence-corrected chi connectivity index (χ3v) is 7.06. The predicted octanol–water partition coefficient (Wildman–Crippen LogP) is 5.53. The Kier molecular flexibility index (Phi) is 5.98. The fourth-order valence-corrected chi connectivity index (χ4v) is 5.20. The molecule has 0 fully saturated rings. The maximum Gasteiger partial charge on any atom is 0.240 e. The molecular weight excluding hydrogens is 390 g/mol. The van der Waals surface area contributed by atoms with Gasteiger partial charge in [-0.25, -0.2) is 13.1 Å². The Hall–Kier alpha value is -2.95. The molecule has 0 amide bonds. The SMILES string of the molecule is CC(NS(=O)(=O)c1ccc2ccccc2c1)C(Cc1ccccc1)c1ccccc1. The van der Waals surface area contributed by atoms with Crippen LogP contribution in [0.25, 0.3) is 10.8 Å². The Bertz CT molecular complexity index is 1220. The second-order valence-corrected chi connectivity index (χ2v) is 9.34. The average Bonchev–Trinajstić information content (AvgIpc) is 2.78. The van der Waals surface area contributed by atoms with Crippen molar-refractivity contribution in [2.24, 2.45) is 0 Å². The van der Waals surface area contributed by atoms with Gasteiger partial charge in [-0.05, 0) is 47.4 Å². The third kappa shape index (κ3) is 4.61. The number of fused-ring (bicyclic) bond motifs is 1. The molecule has 0 heterocycles. The van der Waals surface area contributed by atoms with Crippen molar-refractivity contribution in [1.82, 2.24) is 4.72 Å². The molecule has 2 atom stereocenters. The van der Waals surface area contributed by atoms with Crippen molar-refractivity contribution in [3.05, 3.63) is 114 Å². The number of rotatable bonds is 7. The van der Waals surface area contributed by atoms with E-state index in [9.17, 15) is 8.42 Å². The molecule has 30 heavy (non-hydrogen) atoms. The van der Waals surface area contributed by atoms with Crippen LogP contribution in [0.2, 0.25) is 0 Å². The van der Waals surface area contributed by atoms with Crippen LogP contribution in [0.15, 0.2) is 108 Å². The minimum atomic E-state index is -3.65. The highest BCUT2D eigenvalue weighted by atomic mass is 32.2. The van der Waals surface area contributed by atoms with Gasteiger partial charge in [0.2, 0.25) is 10.0 Å². The number of nitrogens with one attached hydrogen (secondary N) is 1. The molecule has 4 aromatic rings. The van der Waals surface area contributed by atoms with Crippen molar-refractivity contribution in [3.63, 3.8) is 0 Å². The lowest BCUT2D eigenvalue weighted by atomic mass is 9.87. The molecule has 3 nitrogen and oxygen atoms in total. The molecule has 4 heteroatoms. The number of hydrogen-bond donors (Lipinski definition) is 1. The molecule has 0 radical (unpaired) electrons. The second-order valence-electron chi connectivity index (χ2n) is 7.63. The molecule has 0 saturated carbocycles. The first-order valence-electron chi connectivity index (χ1n) is 10.1. The zero-order chi connectivity index (χ0) is 21.0. The second kappa shape index (κ2) is 8.82. The highest BCUT2D eigenvalue weighted by Crippen LogP contribution is 2.26. The van der Waals surface area contributed by atoms with E-state index in [2.05, 4.69) is 29.0 Å². The fourth-order valence-electron chi connectivity index (χ4n) is 3.88. The third-order valence-electron chi connectivity index (χ3n) is 5.50. The van der Waals surface area contributed by atoms with E-state index in [0.29, 0.717) is 4.90 Å². The lowest BCUT2D eigenvalue weighted by Crippen LogP contribution is -2.37. The van der Waals surface area contributed by atoms with Crippen LogP contribution in [0.4, 0.5) is 0 Å². The van der Waals surface area contributed by atoms with Crippen LogP contribution in [-0.4, -0.2) is 14.5 Å². The summed E-state index contributed by atoms with van der Waals surface area (Å²) >= 11 is 0. The first-order chi connectivity index (χ1) is 14.5. The van der Waals surface area contributed by atoms with E-state index in [1.54, 1.807) is 12.1 Å². The first kappa shape index (κ1) is 20.3. The minimum Gasteiger partial charge on any atom is -0.208 e. The molecule has 4 rings (SSSR count). The van der Waals surface area contributed by atoms with E-state index in [0.717, 1.165) is 22.8 Å². The molecule has 4 aromatic carbocycles. The normalized spacial score (nSPS) is 13.8. The molecule has 0 bridgehead atoms. The molecule has 0 spiro atoms. The zero-order valence-corrected chi connectivity index (χ0v) is 17.7. The molecule has 152 valence electrons. The van der Waals surface area contributed by atoms with Crippen LogP contribution in [0.1, 0.15) is 24.0 Å². The Labute approximate surface area is 178 Å². The minimum absolute atomic E-state index is 0.0174. The maximum absolute atomic E-state index is 13.2. The summed E-state index contributed by atoms with van der Waals surface area (Å²) in [7, 11) is -3.65. The van der Waals surface area contributed by atoms with Gasteiger partial charge in [0, 0.05) is 12.0 Å². The largest absolute Gasteiger partial charge is 0.240 e. The molecule has 0 aliphatic carbocycles. The molecule has 0 aliphatic heterocycles. The van der Waals surface area contributed by atoms with E-state index in [1.165, 1.54) is 5.56 Å². The van der Waals surface area contributed by atoms with Gasteiger partial charge in [-0.2, -0.15) is 0 Å². The van der Waals surface area contributed by atoms with Gasteiger partial charge in [0.05, 0.1) is 4.90 Å². The highest BCUT2D eigenvalue weighted by molar-refractivity contribution is 7.89. The van der Waals surface area contributed by atoms with Crippen LogP contribution in [0, 0.1) is 0 Å². The lowest BCUT2D eigenvalue weighted by molar-refractivity contribution is 0.503. The van der Waals surface area contributed by atoms with Crippen LogP contribution in [0.3, 0.4) is 0 Å². The van der Waals surface area contributed by atoms with E-state index < -0.39 is 10.0 Å². The zero-order valence-electron chi connectivity index (χ0n) is 16.9.